The average Bonchev–Trinajstić information content (AvgIpc) is 2.49. The monoisotopic (exact) mass is 258 g/mol. The first-order valence-electron chi connectivity index (χ1n) is 6.06. The van der Waals surface area contributed by atoms with Crippen molar-refractivity contribution >= 4 is 20.0 Å². The van der Waals surface area contributed by atoms with Gasteiger partial charge in [-0.3, -0.25) is 9.59 Å². The maximum absolute atomic E-state index is 11.8. The molecule has 1 aliphatic rings. The Morgan fingerprint density at radius 2 is 1.65 bits per heavy atom. The number of carbonyl (C=O) groups is 2. The molecule has 4 nitrogen and oxygen atoms in total. The topological polar surface area (TPSA) is 63.6 Å². The first-order chi connectivity index (χ1) is 7.70. The van der Waals surface area contributed by atoms with Crippen molar-refractivity contribution in [2.75, 3.05) is 6.61 Å². The van der Waals surface area contributed by atoms with E-state index in [1.807, 2.05) is 6.92 Å². The number of hydrogen-bond acceptors (Lipinski definition) is 4. The first-order valence-corrected chi connectivity index (χ1v) is 9.64. The van der Waals surface area contributed by atoms with Crippen molar-refractivity contribution in [3.05, 3.63) is 0 Å². The number of esters is 2. The Balaban J connectivity index is 3.02. The molecule has 0 aromatic carbocycles. The molecule has 0 amide bonds. The van der Waals surface area contributed by atoms with E-state index in [4.69, 9.17) is 4.74 Å². The summed E-state index contributed by atoms with van der Waals surface area (Å²) in [6.45, 7) is 10.2. The molecule has 4 unspecified atom stereocenters. The summed E-state index contributed by atoms with van der Waals surface area (Å²) in [5.41, 5.74) is 0.167. The molecule has 1 fully saturated rings. The molecule has 17 heavy (non-hydrogen) atoms. The zero-order chi connectivity index (χ0) is 13.4. The van der Waals surface area contributed by atoms with Gasteiger partial charge in [-0.2, -0.15) is 0 Å². The molecular weight excluding hydrogens is 236 g/mol. The highest BCUT2D eigenvalue weighted by molar-refractivity contribution is 6.77. The minimum atomic E-state index is -1.53. The zero-order valence-electron chi connectivity index (χ0n) is 11.2. The van der Waals surface area contributed by atoms with Gasteiger partial charge in [0.1, 0.15) is 0 Å². The second kappa shape index (κ2) is 4.90. The molecule has 1 heterocycles. The summed E-state index contributed by atoms with van der Waals surface area (Å²) in [7, 11) is -1.53. The number of hydrogen-bond donors (Lipinski definition) is 1. The van der Waals surface area contributed by atoms with Crippen LogP contribution in [0.15, 0.2) is 0 Å². The van der Waals surface area contributed by atoms with Crippen LogP contribution in [-0.2, 0) is 14.3 Å². The Morgan fingerprint density at radius 3 is 2.06 bits per heavy atom. The Morgan fingerprint density at radius 1 is 1.18 bits per heavy atom. The summed E-state index contributed by atoms with van der Waals surface area (Å²) < 4.78 is 4.76. The zero-order valence-corrected chi connectivity index (χ0v) is 12.2. The van der Waals surface area contributed by atoms with Crippen molar-refractivity contribution in [1.29, 1.82) is 0 Å². The van der Waals surface area contributed by atoms with Crippen molar-refractivity contribution in [3.8, 4) is 0 Å². The van der Waals surface area contributed by atoms with Gasteiger partial charge in [-0.15, -0.1) is 0 Å². The van der Waals surface area contributed by atoms with Crippen molar-refractivity contribution < 1.29 is 19.4 Å². The molecule has 1 rings (SSSR count). The molecule has 0 bridgehead atoms. The lowest BCUT2D eigenvalue weighted by Crippen LogP contribution is -2.38. The predicted octanol–water partition coefficient (Wildman–Crippen LogP) is 1.66. The third-order valence-corrected chi connectivity index (χ3v) is 7.03. The highest BCUT2D eigenvalue weighted by atomic mass is 28.3. The number of rotatable bonds is 4. The van der Waals surface area contributed by atoms with E-state index in [-0.39, 0.29) is 24.0 Å². The van der Waals surface area contributed by atoms with Gasteiger partial charge in [0.25, 0.3) is 0 Å². The van der Waals surface area contributed by atoms with Crippen LogP contribution >= 0.6 is 0 Å². The molecule has 0 aromatic heterocycles. The van der Waals surface area contributed by atoms with Crippen LogP contribution in [0.2, 0.25) is 25.2 Å². The third kappa shape index (κ3) is 2.77. The molecule has 1 N–H and O–H groups in total. The van der Waals surface area contributed by atoms with Crippen molar-refractivity contribution in [1.82, 2.24) is 0 Å². The maximum atomic E-state index is 11.8. The van der Waals surface area contributed by atoms with E-state index in [0.29, 0.717) is 0 Å². The fourth-order valence-electron chi connectivity index (χ4n) is 2.28. The van der Waals surface area contributed by atoms with E-state index in [9.17, 15) is 14.7 Å². The lowest BCUT2D eigenvalue weighted by atomic mass is 9.83. The first kappa shape index (κ1) is 14.4. The van der Waals surface area contributed by atoms with E-state index in [1.54, 1.807) is 6.92 Å². The van der Waals surface area contributed by atoms with Crippen molar-refractivity contribution in [3.63, 3.8) is 0 Å². The van der Waals surface area contributed by atoms with Crippen molar-refractivity contribution in [2.24, 2.45) is 17.8 Å². The van der Waals surface area contributed by atoms with Crippen LogP contribution < -0.4 is 0 Å². The van der Waals surface area contributed by atoms with E-state index in [2.05, 4.69) is 19.6 Å². The van der Waals surface area contributed by atoms with Crippen LogP contribution in [0.4, 0.5) is 0 Å². The standard InChI is InChI=1S/C12H22O4Si/c1-7(6-13)9-10(8(2)17(3,4)5)12(15)16-11(9)14/h7-10,13H,6H2,1-5H3. The summed E-state index contributed by atoms with van der Waals surface area (Å²) in [5, 5.41) is 9.19. The van der Waals surface area contributed by atoms with Crippen LogP contribution in [-0.4, -0.2) is 31.7 Å². The Labute approximate surface area is 103 Å². The summed E-state index contributed by atoms with van der Waals surface area (Å²) in [6, 6.07) is 0. The minimum absolute atomic E-state index is 0.0953. The molecule has 1 aliphatic heterocycles. The second-order valence-corrected chi connectivity index (χ2v) is 11.7. The molecule has 4 atom stereocenters. The lowest BCUT2D eigenvalue weighted by Gasteiger charge is -2.32. The predicted molar refractivity (Wildman–Crippen MR) is 67.1 cm³/mol. The normalized spacial score (nSPS) is 29.1. The highest BCUT2D eigenvalue weighted by Crippen LogP contribution is 2.42. The Hall–Kier alpha value is -0.683. The summed E-state index contributed by atoms with van der Waals surface area (Å²) in [5.74, 6) is -1.95. The van der Waals surface area contributed by atoms with E-state index in [0.717, 1.165) is 0 Å². The number of cyclic esters (lactones) is 2. The van der Waals surface area contributed by atoms with E-state index >= 15 is 0 Å². The molecule has 5 heteroatoms. The number of aliphatic hydroxyl groups excluding tert-OH is 1. The number of aliphatic hydroxyl groups is 1. The molecule has 98 valence electrons. The minimum Gasteiger partial charge on any atom is -0.396 e. The van der Waals surface area contributed by atoms with Crippen LogP contribution in [0.5, 0.6) is 0 Å². The van der Waals surface area contributed by atoms with Gasteiger partial charge in [0.05, 0.1) is 11.8 Å². The fourth-order valence-corrected chi connectivity index (χ4v) is 3.70. The van der Waals surface area contributed by atoms with Gasteiger partial charge in [-0.05, 0) is 11.5 Å². The summed E-state index contributed by atoms with van der Waals surface area (Å²) >= 11 is 0. The fraction of sp³-hybridized carbons (Fsp3) is 0.833. The van der Waals surface area contributed by atoms with Crippen LogP contribution in [0.25, 0.3) is 0 Å². The summed E-state index contributed by atoms with van der Waals surface area (Å²) in [4.78, 5) is 23.5. The quantitative estimate of drug-likeness (QED) is 0.473. The largest absolute Gasteiger partial charge is 0.396 e. The van der Waals surface area contributed by atoms with Gasteiger partial charge < -0.3 is 9.84 Å². The van der Waals surface area contributed by atoms with Gasteiger partial charge in [0.2, 0.25) is 0 Å². The Kier molecular flexibility index (Phi) is 4.14. The second-order valence-electron chi connectivity index (χ2n) is 6.11. The Bertz CT molecular complexity index is 321. The highest BCUT2D eigenvalue weighted by Gasteiger charge is 2.51. The van der Waals surface area contributed by atoms with Crippen LogP contribution in [0.3, 0.4) is 0 Å². The van der Waals surface area contributed by atoms with E-state index < -0.39 is 25.9 Å². The molecule has 0 radical (unpaired) electrons. The molecule has 0 aromatic rings. The molecule has 0 aliphatic carbocycles. The molecule has 0 saturated carbocycles. The van der Waals surface area contributed by atoms with E-state index in [1.165, 1.54) is 0 Å². The van der Waals surface area contributed by atoms with Crippen molar-refractivity contribution in [2.45, 2.75) is 39.0 Å². The van der Waals surface area contributed by atoms with Gasteiger partial charge in [0, 0.05) is 14.7 Å². The maximum Gasteiger partial charge on any atom is 0.317 e. The molecule has 0 spiro atoms. The average molecular weight is 258 g/mol. The SMILES string of the molecule is CC(CO)C1C(=O)OC(=O)C1C(C)[Si](C)(C)C. The molecule has 1 saturated heterocycles. The number of carbonyl (C=O) groups excluding carboxylic acids is 2. The summed E-state index contributed by atoms with van der Waals surface area (Å²) in [6.07, 6.45) is 0. The molecular formula is C12H22O4Si. The lowest BCUT2D eigenvalue weighted by molar-refractivity contribution is -0.154. The van der Waals surface area contributed by atoms with Gasteiger partial charge in [-0.25, -0.2) is 0 Å². The smallest absolute Gasteiger partial charge is 0.317 e. The van der Waals surface area contributed by atoms with Gasteiger partial charge in [0.15, 0.2) is 0 Å². The third-order valence-electron chi connectivity index (χ3n) is 3.94. The van der Waals surface area contributed by atoms with Crippen LogP contribution in [0.1, 0.15) is 13.8 Å². The number of ether oxygens (including phenoxy) is 1. The van der Waals surface area contributed by atoms with Gasteiger partial charge >= 0.3 is 11.9 Å². The van der Waals surface area contributed by atoms with Crippen LogP contribution in [0, 0.1) is 17.8 Å². The van der Waals surface area contributed by atoms with Gasteiger partial charge in [-0.1, -0.05) is 33.5 Å².